The Morgan fingerprint density at radius 1 is 1.09 bits per heavy atom. The fourth-order valence-corrected chi connectivity index (χ4v) is 2.02. The second-order valence-electron chi connectivity index (χ2n) is 5.55. The van der Waals surface area contributed by atoms with Crippen LogP contribution in [0.1, 0.15) is 26.7 Å². The summed E-state index contributed by atoms with van der Waals surface area (Å²) in [6.07, 6.45) is -0.118. The van der Waals surface area contributed by atoms with E-state index >= 15 is 0 Å². The normalized spacial score (nSPS) is 14.7. The average Bonchev–Trinajstić information content (AvgIpc) is 2.41. The molecule has 0 aromatic heterocycles. The van der Waals surface area contributed by atoms with Crippen molar-refractivity contribution < 1.29 is 24.3 Å². The highest BCUT2D eigenvalue weighted by Gasteiger charge is 2.28. The van der Waals surface area contributed by atoms with E-state index in [2.05, 4.69) is 23.3 Å². The van der Waals surface area contributed by atoms with Gasteiger partial charge >= 0.3 is 5.97 Å². The highest BCUT2D eigenvalue weighted by Crippen LogP contribution is 2.03. The molecule has 0 rings (SSSR count). The van der Waals surface area contributed by atoms with Crippen LogP contribution in [-0.4, -0.2) is 52.7 Å². The number of nitrogens with two attached hydrogens (primary N) is 2. The van der Waals surface area contributed by atoms with E-state index in [4.69, 9.17) is 16.6 Å². The zero-order valence-electron chi connectivity index (χ0n) is 13.1. The molecule has 3 amide bonds. The van der Waals surface area contributed by atoms with Crippen molar-refractivity contribution in [2.24, 2.45) is 17.4 Å². The summed E-state index contributed by atoms with van der Waals surface area (Å²) in [6.45, 7) is 3.80. The molecule has 0 aromatic rings. The molecule has 0 aliphatic rings. The lowest BCUT2D eigenvalue weighted by Gasteiger charge is -2.21. The van der Waals surface area contributed by atoms with Crippen molar-refractivity contribution in [1.82, 2.24) is 10.6 Å². The minimum Gasteiger partial charge on any atom is -0.480 e. The topological polar surface area (TPSA) is 165 Å². The molecule has 0 heterocycles. The van der Waals surface area contributed by atoms with Crippen LogP contribution in [0.4, 0.5) is 0 Å². The molecular weight excluding hydrogens is 324 g/mol. The first-order valence-corrected chi connectivity index (χ1v) is 7.70. The molecule has 0 aliphatic carbocycles. The van der Waals surface area contributed by atoms with Crippen LogP contribution in [0, 0.1) is 5.92 Å². The zero-order valence-corrected chi connectivity index (χ0v) is 14.0. The number of aliphatic carboxylic acids is 1. The fraction of sp³-hybridized carbons (Fsp3) is 0.692. The molecule has 0 saturated carbocycles. The molecule has 0 saturated heterocycles. The molecule has 0 bridgehead atoms. The fourth-order valence-electron chi connectivity index (χ4n) is 1.76. The van der Waals surface area contributed by atoms with E-state index in [9.17, 15) is 19.2 Å². The third kappa shape index (κ3) is 8.41. The van der Waals surface area contributed by atoms with Crippen molar-refractivity contribution in [1.29, 1.82) is 0 Å². The monoisotopic (exact) mass is 348 g/mol. The van der Waals surface area contributed by atoms with E-state index < -0.39 is 48.2 Å². The number of nitrogens with one attached hydrogen (secondary N) is 2. The molecule has 10 heteroatoms. The molecule has 0 radical (unpaired) electrons. The summed E-state index contributed by atoms with van der Waals surface area (Å²) in [5, 5.41) is 13.5. The smallest absolute Gasteiger partial charge is 0.326 e. The van der Waals surface area contributed by atoms with Gasteiger partial charge in [-0.15, -0.1) is 0 Å². The van der Waals surface area contributed by atoms with Gasteiger partial charge in [0.2, 0.25) is 17.7 Å². The minimum absolute atomic E-state index is 0.0606. The highest BCUT2D eigenvalue weighted by molar-refractivity contribution is 7.80. The predicted molar refractivity (Wildman–Crippen MR) is 86.6 cm³/mol. The van der Waals surface area contributed by atoms with Gasteiger partial charge in [-0.25, -0.2) is 4.79 Å². The number of primary amides is 1. The van der Waals surface area contributed by atoms with Crippen LogP contribution in [0.25, 0.3) is 0 Å². The summed E-state index contributed by atoms with van der Waals surface area (Å²) in [4.78, 5) is 45.7. The van der Waals surface area contributed by atoms with Gasteiger partial charge in [0.1, 0.15) is 12.1 Å². The molecule has 0 spiro atoms. The van der Waals surface area contributed by atoms with Crippen LogP contribution < -0.4 is 22.1 Å². The van der Waals surface area contributed by atoms with E-state index in [1.54, 1.807) is 0 Å². The summed E-state index contributed by atoms with van der Waals surface area (Å²) >= 11 is 3.96. The maximum Gasteiger partial charge on any atom is 0.326 e. The predicted octanol–water partition coefficient (Wildman–Crippen LogP) is -1.78. The number of carbonyl (C=O) groups excluding carboxylic acids is 3. The number of carboxylic acids is 1. The van der Waals surface area contributed by atoms with E-state index in [1.807, 2.05) is 13.8 Å². The first-order valence-electron chi connectivity index (χ1n) is 7.06. The van der Waals surface area contributed by atoms with Gasteiger partial charge < -0.3 is 27.2 Å². The molecule has 9 nitrogen and oxygen atoms in total. The third-order valence-corrected chi connectivity index (χ3v) is 3.26. The molecule has 3 unspecified atom stereocenters. The Morgan fingerprint density at radius 2 is 1.61 bits per heavy atom. The molecule has 0 fully saturated rings. The number of carboxylic acid groups (broad SMARTS) is 1. The molecule has 3 atom stereocenters. The van der Waals surface area contributed by atoms with Gasteiger partial charge in [0, 0.05) is 5.75 Å². The van der Waals surface area contributed by atoms with E-state index in [0.717, 1.165) is 0 Å². The summed E-state index contributed by atoms with van der Waals surface area (Å²) in [7, 11) is 0. The lowest BCUT2D eigenvalue weighted by atomic mass is 10.0. The summed E-state index contributed by atoms with van der Waals surface area (Å²) in [5.41, 5.74) is 10.6. The van der Waals surface area contributed by atoms with Crippen molar-refractivity contribution in [2.45, 2.75) is 44.8 Å². The Labute approximate surface area is 139 Å². The van der Waals surface area contributed by atoms with Gasteiger partial charge in [-0.05, 0) is 12.3 Å². The molecule has 7 N–H and O–H groups in total. The van der Waals surface area contributed by atoms with Gasteiger partial charge in [0.25, 0.3) is 0 Å². The van der Waals surface area contributed by atoms with Crippen LogP contribution in [0.2, 0.25) is 0 Å². The number of rotatable bonds is 10. The Balaban J connectivity index is 4.75. The number of hydrogen-bond acceptors (Lipinski definition) is 6. The van der Waals surface area contributed by atoms with Gasteiger partial charge in [-0.1, -0.05) is 13.8 Å². The average molecular weight is 348 g/mol. The SMILES string of the molecule is CC(C)CC(N)C(=O)NC(CS)C(=O)NC(CC(N)=O)C(=O)O. The van der Waals surface area contributed by atoms with Gasteiger partial charge in [-0.3, -0.25) is 14.4 Å². The van der Waals surface area contributed by atoms with Crippen LogP contribution in [0.15, 0.2) is 0 Å². The largest absolute Gasteiger partial charge is 0.480 e. The van der Waals surface area contributed by atoms with Gasteiger partial charge in [0.15, 0.2) is 0 Å². The summed E-state index contributed by atoms with van der Waals surface area (Å²) in [5.74, 6) is -3.45. The second-order valence-corrected chi connectivity index (χ2v) is 5.91. The van der Waals surface area contributed by atoms with E-state index in [1.165, 1.54) is 0 Å². The number of carbonyl (C=O) groups is 4. The van der Waals surface area contributed by atoms with Gasteiger partial charge in [-0.2, -0.15) is 12.6 Å². The first-order chi connectivity index (χ1) is 10.6. The van der Waals surface area contributed by atoms with Crippen LogP contribution in [0.5, 0.6) is 0 Å². The van der Waals surface area contributed by atoms with Crippen LogP contribution >= 0.6 is 12.6 Å². The molecular formula is C13H24N4O5S. The van der Waals surface area contributed by atoms with Gasteiger partial charge in [0.05, 0.1) is 12.5 Å². The molecule has 0 aliphatic heterocycles. The Bertz CT molecular complexity index is 458. The standard InChI is InChI=1S/C13H24N4O5S/c1-6(2)3-7(14)11(19)17-9(5-23)12(20)16-8(13(21)22)4-10(15)18/h6-9,23H,3-5,14H2,1-2H3,(H2,15,18)(H,16,20)(H,17,19)(H,21,22). The lowest BCUT2D eigenvalue weighted by Crippen LogP contribution is -2.55. The van der Waals surface area contributed by atoms with E-state index in [-0.39, 0.29) is 11.7 Å². The highest BCUT2D eigenvalue weighted by atomic mass is 32.1. The van der Waals surface area contributed by atoms with Crippen molar-refractivity contribution in [3.8, 4) is 0 Å². The Kier molecular flexibility index (Phi) is 9.27. The molecule has 0 aromatic carbocycles. The molecule has 132 valence electrons. The van der Waals surface area contributed by atoms with Crippen molar-refractivity contribution >= 4 is 36.3 Å². The summed E-state index contributed by atoms with van der Waals surface area (Å²) < 4.78 is 0. The lowest BCUT2D eigenvalue weighted by molar-refractivity contribution is -0.143. The zero-order chi connectivity index (χ0) is 18.2. The Hall–Kier alpha value is -1.81. The van der Waals surface area contributed by atoms with Crippen LogP contribution in [-0.2, 0) is 19.2 Å². The Morgan fingerprint density at radius 3 is 2.00 bits per heavy atom. The van der Waals surface area contributed by atoms with Crippen molar-refractivity contribution in [3.05, 3.63) is 0 Å². The quantitative estimate of drug-likeness (QED) is 0.255. The van der Waals surface area contributed by atoms with Crippen molar-refractivity contribution in [2.75, 3.05) is 5.75 Å². The maximum atomic E-state index is 12.0. The number of hydrogen-bond donors (Lipinski definition) is 6. The number of thiol groups is 1. The summed E-state index contributed by atoms with van der Waals surface area (Å²) in [6, 6.07) is -3.33. The van der Waals surface area contributed by atoms with E-state index in [0.29, 0.717) is 6.42 Å². The first kappa shape index (κ1) is 21.2. The third-order valence-electron chi connectivity index (χ3n) is 2.90. The van der Waals surface area contributed by atoms with Crippen molar-refractivity contribution in [3.63, 3.8) is 0 Å². The van der Waals surface area contributed by atoms with Crippen LogP contribution in [0.3, 0.4) is 0 Å². The minimum atomic E-state index is -1.47. The maximum absolute atomic E-state index is 12.0. The molecule has 23 heavy (non-hydrogen) atoms. The second kappa shape index (κ2) is 10.1. The number of amides is 3.